The second-order valence-corrected chi connectivity index (χ2v) is 8.73. The third-order valence-corrected chi connectivity index (χ3v) is 6.19. The van der Waals surface area contributed by atoms with Crippen LogP contribution in [0.25, 0.3) is 0 Å². The zero-order valence-electron chi connectivity index (χ0n) is 14.7. The molecule has 0 aliphatic rings. The Labute approximate surface area is 163 Å². The van der Waals surface area contributed by atoms with E-state index < -0.39 is 0 Å². The fourth-order valence-electron chi connectivity index (χ4n) is 2.86. The monoisotopic (exact) mass is 388 g/mol. The highest BCUT2D eigenvalue weighted by atomic mass is 35.5. The predicted octanol–water partition coefficient (Wildman–Crippen LogP) is 6.00. The first-order valence-corrected chi connectivity index (χ1v) is 9.97. The molecule has 0 N–H and O–H groups in total. The fraction of sp³-hybridized carbons (Fsp3) is 0.286. The van der Waals surface area contributed by atoms with Gasteiger partial charge in [0.2, 0.25) is 0 Å². The van der Waals surface area contributed by atoms with Crippen molar-refractivity contribution in [2.24, 2.45) is 0 Å². The normalized spacial score (nSPS) is 13.5. The molecule has 0 saturated carbocycles. The number of benzene rings is 2. The van der Waals surface area contributed by atoms with E-state index in [0.717, 1.165) is 35.7 Å². The Kier molecular flexibility index (Phi) is 6.38. The van der Waals surface area contributed by atoms with Crippen molar-refractivity contribution in [2.45, 2.75) is 36.8 Å². The van der Waals surface area contributed by atoms with Gasteiger partial charge in [-0.05, 0) is 55.2 Å². The minimum Gasteiger partial charge on any atom is -0.336 e. The summed E-state index contributed by atoms with van der Waals surface area (Å²) in [6, 6.07) is 14.8. The minimum absolute atomic E-state index is 0.0364. The maximum absolute atomic E-state index is 13.1. The molecule has 3 rings (SSSR count). The van der Waals surface area contributed by atoms with Gasteiger partial charge in [-0.2, -0.15) is 0 Å². The summed E-state index contributed by atoms with van der Waals surface area (Å²) in [6.45, 7) is 3.17. The Bertz CT molecular complexity index is 752. The largest absolute Gasteiger partial charge is 0.336 e. The third-order valence-electron chi connectivity index (χ3n) is 4.43. The molecule has 3 aromatic rings. The second-order valence-electron chi connectivity index (χ2n) is 6.73. The molecule has 26 heavy (non-hydrogen) atoms. The molecule has 0 fully saturated rings. The van der Waals surface area contributed by atoms with Crippen LogP contribution < -0.4 is 0 Å². The molecule has 1 heterocycles. The van der Waals surface area contributed by atoms with Crippen LogP contribution in [0.1, 0.15) is 24.5 Å². The van der Waals surface area contributed by atoms with Crippen LogP contribution in [0, 0.1) is 5.82 Å². The van der Waals surface area contributed by atoms with E-state index in [0.29, 0.717) is 0 Å². The summed E-state index contributed by atoms with van der Waals surface area (Å²) in [5.41, 5.74) is 2.42. The van der Waals surface area contributed by atoms with Gasteiger partial charge < -0.3 is 4.57 Å². The van der Waals surface area contributed by atoms with E-state index in [4.69, 9.17) is 11.6 Å². The van der Waals surface area contributed by atoms with Crippen molar-refractivity contribution < 1.29 is 4.39 Å². The molecule has 0 saturated heterocycles. The van der Waals surface area contributed by atoms with Crippen LogP contribution in [0.2, 0.25) is 5.02 Å². The molecule has 136 valence electrons. The van der Waals surface area contributed by atoms with Crippen LogP contribution in [0.4, 0.5) is 4.39 Å². The first kappa shape index (κ1) is 19.0. The molecule has 1 aromatic heterocycles. The number of hydrogen-bond donors (Lipinski definition) is 0. The molecule has 0 bridgehead atoms. The highest BCUT2D eigenvalue weighted by Gasteiger charge is 2.25. The number of aromatic nitrogens is 2. The van der Waals surface area contributed by atoms with E-state index in [-0.39, 0.29) is 10.6 Å². The molecule has 0 amide bonds. The molecule has 1 atom stereocenters. The Morgan fingerprint density at radius 2 is 1.77 bits per heavy atom. The van der Waals surface area contributed by atoms with Gasteiger partial charge in [-0.25, -0.2) is 9.37 Å². The zero-order valence-corrected chi connectivity index (χ0v) is 16.3. The Morgan fingerprint density at radius 1 is 1.08 bits per heavy atom. The lowest BCUT2D eigenvalue weighted by Gasteiger charge is -2.30. The summed E-state index contributed by atoms with van der Waals surface area (Å²) >= 11 is 7.89. The Morgan fingerprint density at radius 3 is 2.42 bits per heavy atom. The summed E-state index contributed by atoms with van der Waals surface area (Å²) in [5.74, 6) is 0.661. The molecule has 2 aromatic carbocycles. The highest BCUT2D eigenvalue weighted by Crippen LogP contribution is 2.35. The standard InChI is InChI=1S/C21H22ClFN2S/c1-21(15-25-13-12-24-16-25,11-10-17-2-6-19(22)7-3-17)26-14-18-4-8-20(23)9-5-18/h2-9,12-13,16H,10-11,14-15H2,1H3. The van der Waals surface area contributed by atoms with Gasteiger partial charge >= 0.3 is 0 Å². The summed E-state index contributed by atoms with van der Waals surface area (Å²) in [5, 5.41) is 0.764. The average Bonchev–Trinajstić information content (AvgIpc) is 3.14. The van der Waals surface area contributed by atoms with E-state index in [1.54, 1.807) is 0 Å². The van der Waals surface area contributed by atoms with Crippen molar-refractivity contribution in [2.75, 3.05) is 0 Å². The van der Waals surface area contributed by atoms with Crippen LogP contribution >= 0.6 is 23.4 Å². The lowest BCUT2D eigenvalue weighted by Crippen LogP contribution is -2.27. The molecule has 5 heteroatoms. The fourth-order valence-corrected chi connectivity index (χ4v) is 4.18. The molecular formula is C21H22ClFN2S. The Hall–Kier alpha value is -1.78. The van der Waals surface area contributed by atoms with Gasteiger partial charge in [0, 0.05) is 34.5 Å². The lowest BCUT2D eigenvalue weighted by molar-refractivity contribution is 0.495. The first-order valence-electron chi connectivity index (χ1n) is 8.61. The zero-order chi connectivity index (χ0) is 18.4. The number of halogens is 2. The van der Waals surface area contributed by atoms with Crippen molar-refractivity contribution in [3.63, 3.8) is 0 Å². The van der Waals surface area contributed by atoms with Crippen molar-refractivity contribution in [1.29, 1.82) is 0 Å². The first-order chi connectivity index (χ1) is 12.5. The number of thioether (sulfide) groups is 1. The van der Waals surface area contributed by atoms with E-state index in [2.05, 4.69) is 28.6 Å². The number of aryl methyl sites for hydroxylation is 1. The van der Waals surface area contributed by atoms with E-state index in [1.165, 1.54) is 17.7 Å². The SMILES string of the molecule is CC(CCc1ccc(Cl)cc1)(Cn1ccnc1)SCc1ccc(F)cc1. The van der Waals surface area contributed by atoms with E-state index in [1.807, 2.05) is 54.7 Å². The molecular weight excluding hydrogens is 367 g/mol. The van der Waals surface area contributed by atoms with Gasteiger partial charge in [-0.15, -0.1) is 11.8 Å². The van der Waals surface area contributed by atoms with Crippen LogP contribution in [0.5, 0.6) is 0 Å². The van der Waals surface area contributed by atoms with Crippen LogP contribution in [0.15, 0.2) is 67.3 Å². The molecule has 0 aliphatic heterocycles. The number of imidazole rings is 1. The van der Waals surface area contributed by atoms with E-state index >= 15 is 0 Å². The van der Waals surface area contributed by atoms with E-state index in [9.17, 15) is 4.39 Å². The maximum Gasteiger partial charge on any atom is 0.123 e. The van der Waals surface area contributed by atoms with Crippen LogP contribution in [-0.2, 0) is 18.7 Å². The number of nitrogens with zero attached hydrogens (tertiary/aromatic N) is 2. The second kappa shape index (κ2) is 8.74. The smallest absolute Gasteiger partial charge is 0.123 e. The summed E-state index contributed by atoms with van der Waals surface area (Å²) < 4.78 is 15.3. The van der Waals surface area contributed by atoms with Gasteiger partial charge in [-0.1, -0.05) is 35.9 Å². The van der Waals surface area contributed by atoms with Crippen molar-refractivity contribution in [3.8, 4) is 0 Å². The molecule has 0 spiro atoms. The quantitative estimate of drug-likeness (QED) is 0.471. The van der Waals surface area contributed by atoms with Gasteiger partial charge in [0.1, 0.15) is 5.82 Å². The van der Waals surface area contributed by atoms with Crippen LogP contribution in [-0.4, -0.2) is 14.3 Å². The lowest BCUT2D eigenvalue weighted by atomic mass is 10.00. The topological polar surface area (TPSA) is 17.8 Å². The number of hydrogen-bond acceptors (Lipinski definition) is 2. The summed E-state index contributed by atoms with van der Waals surface area (Å²) in [4.78, 5) is 4.16. The van der Waals surface area contributed by atoms with Crippen LogP contribution in [0.3, 0.4) is 0 Å². The molecule has 0 aliphatic carbocycles. The molecule has 2 nitrogen and oxygen atoms in total. The maximum atomic E-state index is 13.1. The van der Waals surface area contributed by atoms with Crippen molar-refractivity contribution in [1.82, 2.24) is 9.55 Å². The van der Waals surface area contributed by atoms with Gasteiger partial charge in [-0.3, -0.25) is 0 Å². The van der Waals surface area contributed by atoms with Gasteiger partial charge in [0.05, 0.1) is 6.33 Å². The molecule has 0 radical (unpaired) electrons. The van der Waals surface area contributed by atoms with Crippen molar-refractivity contribution in [3.05, 3.63) is 89.2 Å². The average molecular weight is 389 g/mol. The van der Waals surface area contributed by atoms with Gasteiger partial charge in [0.15, 0.2) is 0 Å². The number of rotatable bonds is 8. The Balaban J connectivity index is 1.68. The van der Waals surface area contributed by atoms with Gasteiger partial charge in [0.25, 0.3) is 0 Å². The summed E-state index contributed by atoms with van der Waals surface area (Å²) in [6.07, 6.45) is 7.68. The highest BCUT2D eigenvalue weighted by molar-refractivity contribution is 7.99. The molecule has 1 unspecified atom stereocenters. The summed E-state index contributed by atoms with van der Waals surface area (Å²) in [7, 11) is 0. The van der Waals surface area contributed by atoms with Crippen molar-refractivity contribution >= 4 is 23.4 Å². The minimum atomic E-state index is -0.192. The third kappa shape index (κ3) is 5.61. The predicted molar refractivity (Wildman–Crippen MR) is 108 cm³/mol.